The summed E-state index contributed by atoms with van der Waals surface area (Å²) in [6.45, 7) is 9.34. The summed E-state index contributed by atoms with van der Waals surface area (Å²) in [5.41, 5.74) is 1.22. The Balaban J connectivity index is 1.65. The van der Waals surface area contributed by atoms with Crippen LogP contribution in [-0.4, -0.2) is 86.0 Å². The largest absolute Gasteiger partial charge is 0.379 e. The molecule has 1 aromatic heterocycles. The maximum atomic E-state index is 12.7. The van der Waals surface area contributed by atoms with Crippen molar-refractivity contribution in [2.45, 2.75) is 32.4 Å². The van der Waals surface area contributed by atoms with Crippen LogP contribution in [0.5, 0.6) is 0 Å². The molecule has 2 saturated heterocycles. The lowest BCUT2D eigenvalue weighted by molar-refractivity contribution is -0.0632. The molecule has 1 aromatic rings. The van der Waals surface area contributed by atoms with Gasteiger partial charge in [-0.15, -0.1) is 0 Å². The van der Waals surface area contributed by atoms with Gasteiger partial charge in [0.1, 0.15) is 6.10 Å². The van der Waals surface area contributed by atoms with E-state index in [1.165, 1.54) is 0 Å². The number of likely N-dealkylation sites (N-methyl/N-ethyl adjacent to an activating group) is 1. The molecule has 26 heavy (non-hydrogen) atoms. The summed E-state index contributed by atoms with van der Waals surface area (Å²) in [5.74, 6) is 0.550. The van der Waals surface area contributed by atoms with E-state index in [-0.39, 0.29) is 18.1 Å². The number of hydrogen-bond donors (Lipinski definition) is 1. The van der Waals surface area contributed by atoms with Crippen molar-refractivity contribution in [2.24, 2.45) is 0 Å². The number of amides is 1. The van der Waals surface area contributed by atoms with Crippen LogP contribution >= 0.6 is 0 Å². The summed E-state index contributed by atoms with van der Waals surface area (Å²) in [7, 11) is 2.11. The molecule has 3 heterocycles. The fraction of sp³-hybridized carbons (Fsp3) is 0.722. The zero-order valence-electron chi connectivity index (χ0n) is 15.9. The van der Waals surface area contributed by atoms with E-state index in [1.54, 1.807) is 6.20 Å². The second-order valence-electron chi connectivity index (χ2n) is 6.90. The van der Waals surface area contributed by atoms with Crippen molar-refractivity contribution in [2.75, 3.05) is 57.9 Å². The van der Waals surface area contributed by atoms with Crippen molar-refractivity contribution < 1.29 is 14.3 Å². The first-order valence-electron chi connectivity index (χ1n) is 9.35. The van der Waals surface area contributed by atoms with Gasteiger partial charge in [-0.05, 0) is 27.3 Å². The van der Waals surface area contributed by atoms with Gasteiger partial charge in [-0.3, -0.25) is 4.79 Å². The molecule has 0 saturated carbocycles. The molecule has 144 valence electrons. The van der Waals surface area contributed by atoms with E-state index >= 15 is 0 Å². The highest BCUT2D eigenvalue weighted by molar-refractivity contribution is 5.95. The number of aromatic nitrogens is 2. The average Bonchev–Trinajstić information content (AvgIpc) is 2.64. The highest BCUT2D eigenvalue weighted by Crippen LogP contribution is 2.16. The molecular formula is C18H29N5O3. The summed E-state index contributed by atoms with van der Waals surface area (Å²) in [4.78, 5) is 26.2. The topological polar surface area (TPSA) is 79.8 Å². The first kappa shape index (κ1) is 19.0. The van der Waals surface area contributed by atoms with Crippen LogP contribution < -0.4 is 10.2 Å². The number of carbonyl (C=O) groups excluding carboxylic acids is 1. The van der Waals surface area contributed by atoms with Crippen LogP contribution in [0.3, 0.4) is 0 Å². The van der Waals surface area contributed by atoms with Crippen molar-refractivity contribution in [3.05, 3.63) is 17.5 Å². The van der Waals surface area contributed by atoms with Gasteiger partial charge >= 0.3 is 0 Å². The van der Waals surface area contributed by atoms with Gasteiger partial charge in [0.25, 0.3) is 5.91 Å². The molecule has 0 bridgehead atoms. The SMILES string of the molecule is CCO[C@@H]1COCC[C@H]1NC(=O)c1cnc(N2CCN(C)CC2)nc1C. The van der Waals surface area contributed by atoms with Gasteiger partial charge < -0.3 is 24.6 Å². The van der Waals surface area contributed by atoms with Crippen molar-refractivity contribution in [3.8, 4) is 0 Å². The van der Waals surface area contributed by atoms with Gasteiger partial charge in [0.15, 0.2) is 0 Å². The van der Waals surface area contributed by atoms with Crippen LogP contribution in [0.15, 0.2) is 6.20 Å². The van der Waals surface area contributed by atoms with E-state index < -0.39 is 0 Å². The fourth-order valence-corrected chi connectivity index (χ4v) is 3.34. The lowest BCUT2D eigenvalue weighted by Crippen LogP contribution is -2.50. The number of nitrogens with zero attached hydrogens (tertiary/aromatic N) is 4. The van der Waals surface area contributed by atoms with E-state index in [9.17, 15) is 4.79 Å². The molecule has 3 rings (SSSR count). The second-order valence-corrected chi connectivity index (χ2v) is 6.90. The van der Waals surface area contributed by atoms with E-state index in [0.29, 0.717) is 37.0 Å². The molecule has 0 spiro atoms. The second kappa shape index (κ2) is 8.75. The molecule has 8 heteroatoms. The third-order valence-corrected chi connectivity index (χ3v) is 5.00. The molecule has 8 nitrogen and oxygen atoms in total. The molecule has 2 atom stereocenters. The van der Waals surface area contributed by atoms with Crippen LogP contribution in [0.1, 0.15) is 29.4 Å². The molecule has 2 aliphatic rings. The lowest BCUT2D eigenvalue weighted by atomic mass is 10.1. The maximum Gasteiger partial charge on any atom is 0.255 e. The first-order chi connectivity index (χ1) is 12.6. The zero-order chi connectivity index (χ0) is 18.5. The normalized spacial score (nSPS) is 24.5. The van der Waals surface area contributed by atoms with Crippen LogP contribution in [0.25, 0.3) is 0 Å². The number of hydrogen-bond acceptors (Lipinski definition) is 7. The molecule has 0 radical (unpaired) electrons. The highest BCUT2D eigenvalue weighted by Gasteiger charge is 2.28. The molecule has 2 aliphatic heterocycles. The summed E-state index contributed by atoms with van der Waals surface area (Å²) >= 11 is 0. The van der Waals surface area contributed by atoms with Crippen molar-refractivity contribution in [1.82, 2.24) is 20.2 Å². The summed E-state index contributed by atoms with van der Waals surface area (Å²) in [5, 5.41) is 3.07. The van der Waals surface area contributed by atoms with Crippen LogP contribution in [0, 0.1) is 6.92 Å². The van der Waals surface area contributed by atoms with Crippen molar-refractivity contribution in [3.63, 3.8) is 0 Å². The Morgan fingerprint density at radius 1 is 1.38 bits per heavy atom. The molecule has 2 fully saturated rings. The standard InChI is InChI=1S/C18H29N5O3/c1-4-26-16-12-25-10-5-15(16)21-17(24)14-11-19-18(20-13(14)2)23-8-6-22(3)7-9-23/h11,15-16H,4-10,12H2,1-3H3,(H,21,24)/t15-,16-/m1/s1. The van der Waals surface area contributed by atoms with Crippen LogP contribution in [-0.2, 0) is 9.47 Å². The number of piperazine rings is 1. The fourth-order valence-electron chi connectivity index (χ4n) is 3.34. The lowest BCUT2D eigenvalue weighted by Gasteiger charge is -2.33. The minimum Gasteiger partial charge on any atom is -0.379 e. The zero-order valence-corrected chi connectivity index (χ0v) is 15.9. The highest BCUT2D eigenvalue weighted by atomic mass is 16.5. The summed E-state index contributed by atoms with van der Waals surface area (Å²) in [6, 6.07) is -0.0482. The van der Waals surface area contributed by atoms with Gasteiger partial charge in [-0.25, -0.2) is 9.97 Å². The number of nitrogens with one attached hydrogen (secondary N) is 1. The van der Waals surface area contributed by atoms with Gasteiger partial charge in [-0.2, -0.15) is 0 Å². The van der Waals surface area contributed by atoms with Crippen LogP contribution in [0.4, 0.5) is 5.95 Å². The van der Waals surface area contributed by atoms with Gasteiger partial charge in [0, 0.05) is 45.6 Å². The van der Waals surface area contributed by atoms with Gasteiger partial charge in [-0.1, -0.05) is 0 Å². The number of rotatable bonds is 5. The first-order valence-corrected chi connectivity index (χ1v) is 9.35. The van der Waals surface area contributed by atoms with E-state index in [2.05, 4.69) is 32.1 Å². The maximum absolute atomic E-state index is 12.7. The molecule has 0 aromatic carbocycles. The quantitative estimate of drug-likeness (QED) is 0.814. The molecule has 0 unspecified atom stereocenters. The third kappa shape index (κ3) is 4.49. The monoisotopic (exact) mass is 363 g/mol. The number of aryl methyl sites for hydroxylation is 1. The molecule has 0 aliphatic carbocycles. The Labute approximate surface area is 154 Å². The summed E-state index contributed by atoms with van der Waals surface area (Å²) in [6.07, 6.45) is 2.28. The Morgan fingerprint density at radius 3 is 2.85 bits per heavy atom. The minimum absolute atomic E-state index is 0.0482. The average molecular weight is 363 g/mol. The van der Waals surface area contributed by atoms with E-state index in [1.807, 2.05) is 13.8 Å². The number of anilines is 1. The van der Waals surface area contributed by atoms with Crippen molar-refractivity contribution >= 4 is 11.9 Å². The van der Waals surface area contributed by atoms with E-state index in [0.717, 1.165) is 32.6 Å². The Kier molecular flexibility index (Phi) is 6.39. The van der Waals surface area contributed by atoms with Gasteiger partial charge in [0.2, 0.25) is 5.95 Å². The number of carbonyl (C=O) groups is 1. The van der Waals surface area contributed by atoms with E-state index in [4.69, 9.17) is 9.47 Å². The smallest absolute Gasteiger partial charge is 0.255 e. The van der Waals surface area contributed by atoms with Crippen LogP contribution in [0.2, 0.25) is 0 Å². The Bertz CT molecular complexity index is 617. The predicted octanol–water partition coefficient (Wildman–Crippen LogP) is 0.461. The van der Waals surface area contributed by atoms with Gasteiger partial charge in [0.05, 0.1) is 23.9 Å². The summed E-state index contributed by atoms with van der Waals surface area (Å²) < 4.78 is 11.1. The molecule has 1 amide bonds. The predicted molar refractivity (Wildman–Crippen MR) is 98.6 cm³/mol. The number of ether oxygens (including phenoxy) is 2. The minimum atomic E-state index is -0.149. The third-order valence-electron chi connectivity index (χ3n) is 5.00. The molecular weight excluding hydrogens is 334 g/mol. The Morgan fingerprint density at radius 2 is 2.15 bits per heavy atom. The van der Waals surface area contributed by atoms with Crippen molar-refractivity contribution in [1.29, 1.82) is 0 Å². The Hall–Kier alpha value is -1.77. The molecule has 1 N–H and O–H groups in total.